The van der Waals surface area contributed by atoms with Crippen LogP contribution >= 0.6 is 0 Å². The molecule has 0 saturated heterocycles. The van der Waals surface area contributed by atoms with Crippen molar-refractivity contribution in [3.8, 4) is 0 Å². The lowest BCUT2D eigenvalue weighted by Gasteiger charge is -2.09. The number of rotatable bonds is 4. The maximum Gasteiger partial charge on any atom is 0.181 e. The van der Waals surface area contributed by atoms with Crippen molar-refractivity contribution in [3.63, 3.8) is 0 Å². The lowest BCUT2D eigenvalue weighted by Crippen LogP contribution is -2.17. The maximum absolute atomic E-state index is 12.0. The number of ketones is 1. The first-order valence-corrected chi connectivity index (χ1v) is 5.24. The van der Waals surface area contributed by atoms with E-state index in [2.05, 4.69) is 4.98 Å². The minimum absolute atomic E-state index is 0.0525. The van der Waals surface area contributed by atoms with Gasteiger partial charge in [-0.25, -0.2) is 4.98 Å². The van der Waals surface area contributed by atoms with E-state index >= 15 is 0 Å². The van der Waals surface area contributed by atoms with E-state index in [1.165, 1.54) is 6.39 Å². The van der Waals surface area contributed by atoms with Crippen LogP contribution in [-0.2, 0) is 0 Å². The van der Waals surface area contributed by atoms with Gasteiger partial charge in [0.15, 0.2) is 17.8 Å². The molecule has 1 heterocycles. The van der Waals surface area contributed by atoms with Gasteiger partial charge in [-0.15, -0.1) is 0 Å². The van der Waals surface area contributed by atoms with Gasteiger partial charge in [-0.1, -0.05) is 6.92 Å². The standard InChI is InChI=1S/C12H13NO3/c1-2-8(6-14)12(15)9-3-4-10-11(5-9)16-7-13-10/h3-5,7-8,14H,2,6H2,1H3. The Bertz CT molecular complexity index is 500. The molecule has 4 heteroatoms. The first-order valence-electron chi connectivity index (χ1n) is 5.24. The molecule has 0 spiro atoms. The predicted octanol–water partition coefficient (Wildman–Crippen LogP) is 2.03. The summed E-state index contributed by atoms with van der Waals surface area (Å²) in [5, 5.41) is 9.07. The molecule has 1 atom stereocenters. The van der Waals surface area contributed by atoms with Gasteiger partial charge in [0.25, 0.3) is 0 Å². The number of hydrogen-bond acceptors (Lipinski definition) is 4. The second-order valence-electron chi connectivity index (χ2n) is 3.69. The van der Waals surface area contributed by atoms with Gasteiger partial charge in [-0.2, -0.15) is 0 Å². The van der Waals surface area contributed by atoms with Crippen LogP contribution in [0.15, 0.2) is 29.0 Å². The van der Waals surface area contributed by atoms with E-state index < -0.39 is 0 Å². The molecule has 0 aliphatic carbocycles. The van der Waals surface area contributed by atoms with Crippen LogP contribution in [0.5, 0.6) is 0 Å². The van der Waals surface area contributed by atoms with Crippen molar-refractivity contribution in [2.24, 2.45) is 5.92 Å². The first-order chi connectivity index (χ1) is 7.76. The minimum Gasteiger partial charge on any atom is -0.443 e. The summed E-state index contributed by atoms with van der Waals surface area (Å²) in [6, 6.07) is 5.13. The molecule has 1 N–H and O–H groups in total. The molecule has 0 aliphatic rings. The van der Waals surface area contributed by atoms with Crippen LogP contribution in [0.1, 0.15) is 23.7 Å². The number of hydrogen-bond donors (Lipinski definition) is 1. The average molecular weight is 219 g/mol. The van der Waals surface area contributed by atoms with Crippen LogP contribution in [0.2, 0.25) is 0 Å². The van der Waals surface area contributed by atoms with Crippen molar-refractivity contribution in [1.82, 2.24) is 4.98 Å². The fourth-order valence-electron chi connectivity index (χ4n) is 1.64. The Morgan fingerprint density at radius 2 is 2.38 bits per heavy atom. The van der Waals surface area contributed by atoms with Crippen LogP contribution in [-0.4, -0.2) is 22.5 Å². The number of benzene rings is 1. The van der Waals surface area contributed by atoms with E-state index in [-0.39, 0.29) is 18.3 Å². The molecular weight excluding hydrogens is 206 g/mol. The van der Waals surface area contributed by atoms with Gasteiger partial charge in [-0.05, 0) is 24.6 Å². The number of oxazole rings is 1. The fourth-order valence-corrected chi connectivity index (χ4v) is 1.64. The van der Waals surface area contributed by atoms with E-state index in [9.17, 15) is 4.79 Å². The highest BCUT2D eigenvalue weighted by Gasteiger charge is 2.17. The minimum atomic E-state index is -0.333. The Hall–Kier alpha value is -1.68. The number of nitrogens with zero attached hydrogens (tertiary/aromatic N) is 1. The van der Waals surface area contributed by atoms with E-state index in [1.54, 1.807) is 18.2 Å². The summed E-state index contributed by atoms with van der Waals surface area (Å²) in [4.78, 5) is 15.9. The Morgan fingerprint density at radius 1 is 1.56 bits per heavy atom. The van der Waals surface area contributed by atoms with Crippen molar-refractivity contribution in [2.45, 2.75) is 13.3 Å². The maximum atomic E-state index is 12.0. The molecule has 2 aromatic rings. The number of aliphatic hydroxyl groups is 1. The Labute approximate surface area is 92.9 Å². The van der Waals surface area contributed by atoms with Gasteiger partial charge in [0.05, 0.1) is 6.61 Å². The number of aliphatic hydroxyl groups excluding tert-OH is 1. The molecule has 0 radical (unpaired) electrons. The second-order valence-corrected chi connectivity index (χ2v) is 3.69. The number of aromatic nitrogens is 1. The molecule has 16 heavy (non-hydrogen) atoms. The summed E-state index contributed by atoms with van der Waals surface area (Å²) in [5.41, 5.74) is 1.89. The molecule has 0 aliphatic heterocycles. The summed E-state index contributed by atoms with van der Waals surface area (Å²) in [5.74, 6) is -0.385. The predicted molar refractivity (Wildman–Crippen MR) is 59.2 cm³/mol. The molecule has 84 valence electrons. The van der Waals surface area contributed by atoms with E-state index in [0.29, 0.717) is 17.6 Å². The fraction of sp³-hybridized carbons (Fsp3) is 0.333. The molecule has 1 aromatic heterocycles. The first kappa shape index (κ1) is 10.8. The van der Waals surface area contributed by atoms with Gasteiger partial charge in [-0.3, -0.25) is 4.79 Å². The molecule has 0 amide bonds. The second kappa shape index (κ2) is 4.45. The third-order valence-electron chi connectivity index (χ3n) is 2.70. The van der Waals surface area contributed by atoms with Crippen molar-refractivity contribution >= 4 is 16.9 Å². The van der Waals surface area contributed by atoms with Gasteiger partial charge in [0.1, 0.15) is 5.52 Å². The summed E-state index contributed by atoms with van der Waals surface area (Å²) in [6.07, 6.45) is 1.98. The van der Waals surface area contributed by atoms with Crippen molar-refractivity contribution in [1.29, 1.82) is 0 Å². The molecule has 0 bridgehead atoms. The lowest BCUT2D eigenvalue weighted by molar-refractivity contribution is 0.0856. The SMILES string of the molecule is CCC(CO)C(=O)c1ccc2ncoc2c1. The Balaban J connectivity index is 2.35. The van der Waals surface area contributed by atoms with Crippen LogP contribution in [0.3, 0.4) is 0 Å². The summed E-state index contributed by atoms with van der Waals surface area (Å²) in [6.45, 7) is 1.76. The van der Waals surface area contributed by atoms with Crippen molar-refractivity contribution < 1.29 is 14.3 Å². The smallest absolute Gasteiger partial charge is 0.181 e. The van der Waals surface area contributed by atoms with E-state index in [4.69, 9.17) is 9.52 Å². The van der Waals surface area contributed by atoms with Crippen LogP contribution < -0.4 is 0 Å². The van der Waals surface area contributed by atoms with Gasteiger partial charge in [0, 0.05) is 11.5 Å². The highest BCUT2D eigenvalue weighted by molar-refractivity contribution is 6.00. The summed E-state index contributed by atoms with van der Waals surface area (Å²) >= 11 is 0. The van der Waals surface area contributed by atoms with Crippen molar-refractivity contribution in [3.05, 3.63) is 30.2 Å². The molecule has 4 nitrogen and oxygen atoms in total. The Kier molecular flexibility index (Phi) is 3.01. The zero-order valence-electron chi connectivity index (χ0n) is 9.01. The van der Waals surface area contributed by atoms with Crippen molar-refractivity contribution in [2.75, 3.05) is 6.61 Å². The summed E-state index contributed by atoms with van der Waals surface area (Å²) < 4.78 is 5.13. The summed E-state index contributed by atoms with van der Waals surface area (Å²) in [7, 11) is 0. The van der Waals surface area contributed by atoms with Crippen LogP contribution in [0, 0.1) is 5.92 Å². The van der Waals surface area contributed by atoms with E-state index in [0.717, 1.165) is 5.52 Å². The largest absolute Gasteiger partial charge is 0.443 e. The highest BCUT2D eigenvalue weighted by Crippen LogP contribution is 2.18. The topological polar surface area (TPSA) is 63.3 Å². The van der Waals surface area contributed by atoms with Crippen LogP contribution in [0.4, 0.5) is 0 Å². The number of carbonyl (C=O) groups excluding carboxylic acids is 1. The quantitative estimate of drug-likeness (QED) is 0.799. The molecule has 2 rings (SSSR count). The van der Waals surface area contributed by atoms with Gasteiger partial charge < -0.3 is 9.52 Å². The molecule has 1 unspecified atom stereocenters. The third-order valence-corrected chi connectivity index (χ3v) is 2.70. The number of fused-ring (bicyclic) bond motifs is 1. The lowest BCUT2D eigenvalue weighted by atomic mass is 9.96. The average Bonchev–Trinajstić information content (AvgIpc) is 2.77. The third kappa shape index (κ3) is 1.84. The van der Waals surface area contributed by atoms with Crippen LogP contribution in [0.25, 0.3) is 11.1 Å². The zero-order chi connectivity index (χ0) is 11.5. The number of Topliss-reactive ketones (excluding diaryl/α,β-unsaturated/α-hetero) is 1. The number of carbonyl (C=O) groups is 1. The monoisotopic (exact) mass is 219 g/mol. The Morgan fingerprint density at radius 3 is 3.06 bits per heavy atom. The molecular formula is C12H13NO3. The normalized spacial score (nSPS) is 12.9. The molecule has 1 aromatic carbocycles. The highest BCUT2D eigenvalue weighted by atomic mass is 16.3. The van der Waals surface area contributed by atoms with E-state index in [1.807, 2.05) is 6.92 Å². The van der Waals surface area contributed by atoms with Gasteiger partial charge in [0.2, 0.25) is 0 Å². The molecule has 0 fully saturated rings. The zero-order valence-corrected chi connectivity index (χ0v) is 9.01. The van der Waals surface area contributed by atoms with Gasteiger partial charge >= 0.3 is 0 Å². The molecule has 0 saturated carbocycles.